The maximum Gasteiger partial charge on any atom is 0.0798 e. The number of aryl methyl sites for hydroxylation is 1. The normalized spacial score (nSPS) is 22.1. The highest BCUT2D eigenvalue weighted by molar-refractivity contribution is 5.29. The number of aromatic nitrogens is 2. The topological polar surface area (TPSA) is 47.3 Å². The third-order valence-electron chi connectivity index (χ3n) is 3.70. The van der Waals surface area contributed by atoms with Crippen molar-refractivity contribution in [2.45, 2.75) is 58.6 Å². The molecule has 0 amide bonds. The molecule has 1 aromatic heterocycles. The first-order valence-corrected chi connectivity index (χ1v) is 7.04. The van der Waals surface area contributed by atoms with Crippen molar-refractivity contribution in [1.82, 2.24) is 9.78 Å². The lowest BCUT2D eigenvalue weighted by atomic mass is 10.0. The summed E-state index contributed by atoms with van der Waals surface area (Å²) in [6.07, 6.45) is 3.56. The van der Waals surface area contributed by atoms with Crippen molar-refractivity contribution in [3.63, 3.8) is 0 Å². The molecule has 2 heterocycles. The summed E-state index contributed by atoms with van der Waals surface area (Å²) in [6, 6.07) is 0.339. The van der Waals surface area contributed by atoms with Crippen LogP contribution < -0.4 is 0 Å². The maximum absolute atomic E-state index is 9.97. The van der Waals surface area contributed by atoms with Gasteiger partial charge in [0.15, 0.2) is 0 Å². The van der Waals surface area contributed by atoms with Crippen molar-refractivity contribution in [3.05, 3.63) is 17.0 Å². The molecular formula is C14H24N2O2. The number of hydrogen-bond acceptors (Lipinski definition) is 3. The Morgan fingerprint density at radius 2 is 2.22 bits per heavy atom. The first-order valence-electron chi connectivity index (χ1n) is 7.04. The van der Waals surface area contributed by atoms with E-state index in [0.29, 0.717) is 6.04 Å². The van der Waals surface area contributed by atoms with Gasteiger partial charge in [0, 0.05) is 17.9 Å². The van der Waals surface area contributed by atoms with Crippen LogP contribution in [-0.2, 0) is 17.6 Å². The fraction of sp³-hybridized carbons (Fsp3) is 0.786. The van der Waals surface area contributed by atoms with Gasteiger partial charge in [-0.1, -0.05) is 13.8 Å². The van der Waals surface area contributed by atoms with Crippen LogP contribution in [0.25, 0.3) is 0 Å². The Labute approximate surface area is 109 Å². The van der Waals surface area contributed by atoms with Crippen LogP contribution in [0, 0.1) is 0 Å². The smallest absolute Gasteiger partial charge is 0.0798 e. The van der Waals surface area contributed by atoms with E-state index < -0.39 is 6.10 Å². The van der Waals surface area contributed by atoms with Crippen molar-refractivity contribution in [2.75, 3.05) is 13.2 Å². The fourth-order valence-electron chi connectivity index (χ4n) is 2.85. The molecule has 2 unspecified atom stereocenters. The Balaban J connectivity index is 2.39. The number of hydrogen-bond donors (Lipinski definition) is 1. The number of ether oxygens (including phenoxy) is 1. The lowest BCUT2D eigenvalue weighted by molar-refractivity contribution is 0.0537. The molecule has 2 atom stereocenters. The summed E-state index contributed by atoms with van der Waals surface area (Å²) in [5, 5.41) is 14.7. The lowest BCUT2D eigenvalue weighted by Crippen LogP contribution is -2.23. The minimum Gasteiger partial charge on any atom is -0.389 e. The molecule has 1 fully saturated rings. The molecule has 18 heavy (non-hydrogen) atoms. The average Bonchev–Trinajstić information content (AvgIpc) is 2.78. The van der Waals surface area contributed by atoms with Gasteiger partial charge >= 0.3 is 0 Å². The van der Waals surface area contributed by atoms with E-state index in [9.17, 15) is 5.11 Å². The molecule has 1 aromatic rings. The molecule has 0 bridgehead atoms. The SMILES string of the molecule is CCc1nn(C2CCCOC2)c(CC)c1C(C)O. The van der Waals surface area contributed by atoms with E-state index in [0.717, 1.165) is 50.2 Å². The number of aliphatic hydroxyl groups is 1. The van der Waals surface area contributed by atoms with E-state index in [-0.39, 0.29) is 0 Å². The fourth-order valence-corrected chi connectivity index (χ4v) is 2.85. The molecule has 0 radical (unpaired) electrons. The van der Waals surface area contributed by atoms with Crippen LogP contribution >= 0.6 is 0 Å². The Bertz CT molecular complexity index is 393. The van der Waals surface area contributed by atoms with Gasteiger partial charge in [-0.2, -0.15) is 5.10 Å². The summed E-state index contributed by atoms with van der Waals surface area (Å²) in [7, 11) is 0. The molecule has 2 rings (SSSR count). The van der Waals surface area contributed by atoms with Crippen LogP contribution in [0.5, 0.6) is 0 Å². The molecular weight excluding hydrogens is 228 g/mol. The van der Waals surface area contributed by atoms with Gasteiger partial charge in [-0.25, -0.2) is 0 Å². The molecule has 0 saturated carbocycles. The zero-order chi connectivity index (χ0) is 13.1. The van der Waals surface area contributed by atoms with E-state index in [2.05, 4.69) is 18.5 Å². The third kappa shape index (κ3) is 2.45. The van der Waals surface area contributed by atoms with Gasteiger partial charge in [0.05, 0.1) is 24.4 Å². The van der Waals surface area contributed by atoms with Crippen LogP contribution in [0.15, 0.2) is 0 Å². The summed E-state index contributed by atoms with van der Waals surface area (Å²) >= 11 is 0. The van der Waals surface area contributed by atoms with Gasteiger partial charge in [-0.3, -0.25) is 4.68 Å². The first kappa shape index (κ1) is 13.6. The number of aliphatic hydroxyl groups excluding tert-OH is 1. The Kier molecular flexibility index (Phi) is 4.40. The second kappa shape index (κ2) is 5.85. The average molecular weight is 252 g/mol. The summed E-state index contributed by atoms with van der Waals surface area (Å²) < 4.78 is 7.67. The predicted octanol–water partition coefficient (Wildman–Crippen LogP) is 2.41. The van der Waals surface area contributed by atoms with Crippen molar-refractivity contribution in [2.24, 2.45) is 0 Å². The summed E-state index contributed by atoms with van der Waals surface area (Å²) in [5.41, 5.74) is 3.25. The molecule has 1 N–H and O–H groups in total. The Morgan fingerprint density at radius 1 is 1.44 bits per heavy atom. The number of nitrogens with zero attached hydrogens (tertiary/aromatic N) is 2. The molecule has 4 heteroatoms. The first-order chi connectivity index (χ1) is 8.69. The molecule has 0 aromatic carbocycles. The van der Waals surface area contributed by atoms with Crippen LogP contribution in [0.3, 0.4) is 0 Å². The minimum atomic E-state index is -0.437. The van der Waals surface area contributed by atoms with Gasteiger partial charge in [0.25, 0.3) is 0 Å². The van der Waals surface area contributed by atoms with E-state index in [1.54, 1.807) is 0 Å². The monoisotopic (exact) mass is 252 g/mol. The van der Waals surface area contributed by atoms with Crippen LogP contribution in [0.1, 0.15) is 62.7 Å². The highest BCUT2D eigenvalue weighted by Gasteiger charge is 2.25. The van der Waals surface area contributed by atoms with Crippen LogP contribution in [0.2, 0.25) is 0 Å². The summed E-state index contributed by atoms with van der Waals surface area (Å²) in [6.45, 7) is 7.66. The predicted molar refractivity (Wildman–Crippen MR) is 70.7 cm³/mol. The molecule has 0 aliphatic carbocycles. The van der Waals surface area contributed by atoms with Crippen LogP contribution in [-0.4, -0.2) is 28.1 Å². The standard InChI is InChI=1S/C14H24N2O2/c1-4-12-14(10(3)17)13(5-2)16(15-12)11-7-6-8-18-9-11/h10-11,17H,4-9H2,1-3H3. The molecule has 1 aliphatic rings. The van der Waals surface area contributed by atoms with Crippen molar-refractivity contribution in [1.29, 1.82) is 0 Å². The molecule has 4 nitrogen and oxygen atoms in total. The van der Waals surface area contributed by atoms with E-state index in [4.69, 9.17) is 9.84 Å². The maximum atomic E-state index is 9.97. The van der Waals surface area contributed by atoms with Gasteiger partial charge in [-0.15, -0.1) is 0 Å². The van der Waals surface area contributed by atoms with Gasteiger partial charge in [-0.05, 0) is 32.6 Å². The number of rotatable bonds is 4. The highest BCUT2D eigenvalue weighted by atomic mass is 16.5. The second-order valence-electron chi connectivity index (χ2n) is 5.01. The van der Waals surface area contributed by atoms with Crippen molar-refractivity contribution >= 4 is 0 Å². The summed E-state index contributed by atoms with van der Waals surface area (Å²) in [5.74, 6) is 0. The van der Waals surface area contributed by atoms with Crippen molar-refractivity contribution < 1.29 is 9.84 Å². The van der Waals surface area contributed by atoms with Gasteiger partial charge < -0.3 is 9.84 Å². The molecule has 1 saturated heterocycles. The van der Waals surface area contributed by atoms with Gasteiger partial charge in [0.2, 0.25) is 0 Å². The Morgan fingerprint density at radius 3 is 2.72 bits per heavy atom. The zero-order valence-corrected chi connectivity index (χ0v) is 11.6. The largest absolute Gasteiger partial charge is 0.389 e. The minimum absolute atomic E-state index is 0.339. The van der Waals surface area contributed by atoms with E-state index in [1.807, 2.05) is 6.92 Å². The Hall–Kier alpha value is -0.870. The van der Waals surface area contributed by atoms with Gasteiger partial charge in [0.1, 0.15) is 0 Å². The quantitative estimate of drug-likeness (QED) is 0.895. The highest BCUT2D eigenvalue weighted by Crippen LogP contribution is 2.28. The van der Waals surface area contributed by atoms with E-state index >= 15 is 0 Å². The van der Waals surface area contributed by atoms with Crippen LogP contribution in [0.4, 0.5) is 0 Å². The van der Waals surface area contributed by atoms with E-state index in [1.165, 1.54) is 5.69 Å². The third-order valence-corrected chi connectivity index (χ3v) is 3.70. The second-order valence-corrected chi connectivity index (χ2v) is 5.01. The molecule has 0 spiro atoms. The van der Waals surface area contributed by atoms with Crippen molar-refractivity contribution in [3.8, 4) is 0 Å². The zero-order valence-electron chi connectivity index (χ0n) is 11.6. The molecule has 1 aliphatic heterocycles. The lowest BCUT2D eigenvalue weighted by Gasteiger charge is -2.24. The molecule has 102 valence electrons. The summed E-state index contributed by atoms with van der Waals surface area (Å²) in [4.78, 5) is 0.